The third kappa shape index (κ3) is 4.49. The Hall–Kier alpha value is -3.12. The molecule has 2 heterocycles. The maximum absolute atomic E-state index is 12.9. The average molecular weight is 390 g/mol. The zero-order chi connectivity index (χ0) is 20.2. The molecule has 1 fully saturated rings. The van der Waals surface area contributed by atoms with Crippen molar-refractivity contribution in [3.63, 3.8) is 0 Å². The summed E-state index contributed by atoms with van der Waals surface area (Å²) in [4.78, 5) is 12.9. The van der Waals surface area contributed by atoms with E-state index in [0.717, 1.165) is 23.5 Å². The van der Waals surface area contributed by atoms with Crippen LogP contribution in [0.2, 0.25) is 0 Å². The van der Waals surface area contributed by atoms with Gasteiger partial charge in [0.15, 0.2) is 0 Å². The highest BCUT2D eigenvalue weighted by Gasteiger charge is 2.34. The van der Waals surface area contributed by atoms with Crippen molar-refractivity contribution in [2.45, 2.75) is 18.9 Å². The zero-order valence-electron chi connectivity index (χ0n) is 16.8. The van der Waals surface area contributed by atoms with Gasteiger partial charge >= 0.3 is 0 Å². The number of amides is 1. The van der Waals surface area contributed by atoms with Crippen molar-refractivity contribution >= 4 is 17.3 Å². The molecule has 0 spiro atoms. The lowest BCUT2D eigenvalue weighted by Crippen LogP contribution is -2.28. The van der Waals surface area contributed by atoms with E-state index in [2.05, 4.69) is 40.1 Å². The minimum Gasteiger partial charge on any atom is -0.379 e. The summed E-state index contributed by atoms with van der Waals surface area (Å²) in [6.45, 7) is 3.61. The topological polar surface area (TPSA) is 71.0 Å². The van der Waals surface area contributed by atoms with E-state index in [-0.39, 0.29) is 23.8 Å². The Bertz CT molecular complexity index is 951. The van der Waals surface area contributed by atoms with Gasteiger partial charge in [0, 0.05) is 49.7 Å². The molecular formula is C23H27N5O. The molecule has 0 bridgehead atoms. The van der Waals surface area contributed by atoms with Gasteiger partial charge in [-0.3, -0.25) is 9.48 Å². The van der Waals surface area contributed by atoms with Gasteiger partial charge in [-0.15, -0.1) is 0 Å². The Labute approximate surface area is 171 Å². The maximum Gasteiger partial charge on any atom is 0.229 e. The Morgan fingerprint density at radius 1 is 1.10 bits per heavy atom. The molecular weight excluding hydrogens is 362 g/mol. The highest BCUT2D eigenvalue weighted by Crippen LogP contribution is 2.29. The number of aryl methyl sites for hydroxylation is 1. The first-order chi connectivity index (χ1) is 14.1. The molecule has 1 amide bonds. The first-order valence-corrected chi connectivity index (χ1v) is 10.0. The first-order valence-electron chi connectivity index (χ1n) is 10.0. The quantitative estimate of drug-likeness (QED) is 0.603. The van der Waals surface area contributed by atoms with E-state index in [1.807, 2.05) is 61.9 Å². The largest absolute Gasteiger partial charge is 0.379 e. The summed E-state index contributed by atoms with van der Waals surface area (Å²) in [5.41, 5.74) is 4.17. The van der Waals surface area contributed by atoms with Crippen molar-refractivity contribution in [1.29, 1.82) is 0 Å². The number of carbonyl (C=O) groups excluding carboxylic acids is 1. The van der Waals surface area contributed by atoms with Crippen LogP contribution in [0.25, 0.3) is 0 Å². The Morgan fingerprint density at radius 2 is 1.83 bits per heavy atom. The van der Waals surface area contributed by atoms with Gasteiger partial charge in [-0.2, -0.15) is 5.10 Å². The molecule has 1 saturated heterocycles. The molecule has 1 unspecified atom stereocenters. The number of aromatic nitrogens is 2. The molecule has 2 aromatic carbocycles. The second-order valence-electron chi connectivity index (χ2n) is 7.66. The summed E-state index contributed by atoms with van der Waals surface area (Å²) in [7, 11) is 1.90. The van der Waals surface area contributed by atoms with Gasteiger partial charge in [0.25, 0.3) is 0 Å². The smallest absolute Gasteiger partial charge is 0.229 e. The fourth-order valence-electron chi connectivity index (χ4n) is 3.90. The Balaban J connectivity index is 1.37. The summed E-state index contributed by atoms with van der Waals surface area (Å²) in [5, 5.41) is 14.1. The van der Waals surface area contributed by atoms with E-state index in [1.54, 1.807) is 4.68 Å². The highest BCUT2D eigenvalue weighted by molar-refractivity contribution is 5.93. The SMILES string of the molecule is CC(Nc1ccc(NC(=O)[C@H]2CNC[C@@H]2c2cnn(C)c2)cc1)c1ccccc1. The summed E-state index contributed by atoms with van der Waals surface area (Å²) >= 11 is 0. The minimum absolute atomic E-state index is 0.0437. The normalized spacial score (nSPS) is 19.7. The second kappa shape index (κ2) is 8.49. The van der Waals surface area contributed by atoms with Crippen molar-refractivity contribution in [1.82, 2.24) is 15.1 Å². The van der Waals surface area contributed by atoms with Gasteiger partial charge in [-0.1, -0.05) is 30.3 Å². The van der Waals surface area contributed by atoms with Crippen LogP contribution in [0, 0.1) is 5.92 Å². The molecule has 3 atom stereocenters. The van der Waals surface area contributed by atoms with E-state index >= 15 is 0 Å². The van der Waals surface area contributed by atoms with Gasteiger partial charge in [-0.25, -0.2) is 0 Å². The molecule has 0 saturated carbocycles. The van der Waals surface area contributed by atoms with Crippen LogP contribution in [0.5, 0.6) is 0 Å². The summed E-state index contributed by atoms with van der Waals surface area (Å²) in [6, 6.07) is 18.4. The van der Waals surface area contributed by atoms with Gasteiger partial charge in [0.1, 0.15) is 0 Å². The average Bonchev–Trinajstić information content (AvgIpc) is 3.39. The molecule has 6 heteroatoms. The number of carbonyl (C=O) groups is 1. The number of nitrogens with one attached hydrogen (secondary N) is 3. The zero-order valence-corrected chi connectivity index (χ0v) is 16.8. The number of benzene rings is 2. The van der Waals surface area contributed by atoms with Crippen LogP contribution >= 0.6 is 0 Å². The van der Waals surface area contributed by atoms with Crippen LogP contribution in [-0.2, 0) is 11.8 Å². The molecule has 0 aliphatic carbocycles. The van der Waals surface area contributed by atoms with Gasteiger partial charge in [-0.05, 0) is 42.3 Å². The summed E-state index contributed by atoms with van der Waals surface area (Å²) in [5.74, 6) is 0.0914. The maximum atomic E-state index is 12.9. The fraction of sp³-hybridized carbons (Fsp3) is 0.304. The van der Waals surface area contributed by atoms with E-state index in [1.165, 1.54) is 5.56 Å². The molecule has 1 aromatic heterocycles. The van der Waals surface area contributed by atoms with E-state index in [0.29, 0.717) is 6.54 Å². The molecule has 6 nitrogen and oxygen atoms in total. The first kappa shape index (κ1) is 19.2. The fourth-order valence-corrected chi connectivity index (χ4v) is 3.90. The molecule has 3 aromatic rings. The number of hydrogen-bond acceptors (Lipinski definition) is 4. The lowest BCUT2D eigenvalue weighted by atomic mass is 9.90. The third-order valence-electron chi connectivity index (χ3n) is 5.54. The van der Waals surface area contributed by atoms with Crippen LogP contribution in [0.1, 0.15) is 30.0 Å². The molecule has 1 aliphatic heterocycles. The summed E-state index contributed by atoms with van der Waals surface area (Å²) < 4.78 is 1.78. The lowest BCUT2D eigenvalue weighted by molar-refractivity contribution is -0.119. The van der Waals surface area contributed by atoms with E-state index < -0.39 is 0 Å². The molecule has 29 heavy (non-hydrogen) atoms. The lowest BCUT2D eigenvalue weighted by Gasteiger charge is -2.18. The van der Waals surface area contributed by atoms with Gasteiger partial charge < -0.3 is 16.0 Å². The van der Waals surface area contributed by atoms with E-state index in [9.17, 15) is 4.79 Å². The van der Waals surface area contributed by atoms with Crippen LogP contribution in [0.15, 0.2) is 67.0 Å². The number of nitrogens with zero attached hydrogens (tertiary/aromatic N) is 2. The van der Waals surface area contributed by atoms with Crippen LogP contribution in [0.4, 0.5) is 11.4 Å². The molecule has 4 rings (SSSR count). The third-order valence-corrected chi connectivity index (χ3v) is 5.54. The molecule has 1 aliphatic rings. The van der Waals surface area contributed by atoms with Crippen LogP contribution < -0.4 is 16.0 Å². The second-order valence-corrected chi connectivity index (χ2v) is 7.66. The van der Waals surface area contributed by atoms with E-state index in [4.69, 9.17) is 0 Å². The predicted octanol–water partition coefficient (Wildman–Crippen LogP) is 3.53. The summed E-state index contributed by atoms with van der Waals surface area (Å²) in [6.07, 6.45) is 3.85. The van der Waals surface area contributed by atoms with Crippen molar-refractivity contribution in [2.75, 3.05) is 23.7 Å². The minimum atomic E-state index is -0.102. The number of anilines is 2. The predicted molar refractivity (Wildman–Crippen MR) is 116 cm³/mol. The van der Waals surface area contributed by atoms with Crippen molar-refractivity contribution in [3.8, 4) is 0 Å². The molecule has 150 valence electrons. The van der Waals surface area contributed by atoms with Crippen molar-refractivity contribution in [2.24, 2.45) is 13.0 Å². The molecule has 0 radical (unpaired) electrons. The Morgan fingerprint density at radius 3 is 2.52 bits per heavy atom. The molecule has 3 N–H and O–H groups in total. The Kier molecular flexibility index (Phi) is 5.62. The highest BCUT2D eigenvalue weighted by atomic mass is 16.1. The monoisotopic (exact) mass is 389 g/mol. The van der Waals surface area contributed by atoms with Crippen LogP contribution in [0.3, 0.4) is 0 Å². The number of hydrogen-bond donors (Lipinski definition) is 3. The van der Waals surface area contributed by atoms with Gasteiger partial charge in [0.05, 0.1) is 12.1 Å². The van der Waals surface area contributed by atoms with Crippen molar-refractivity contribution in [3.05, 3.63) is 78.1 Å². The van der Waals surface area contributed by atoms with Crippen LogP contribution in [-0.4, -0.2) is 28.8 Å². The van der Waals surface area contributed by atoms with Crippen molar-refractivity contribution < 1.29 is 4.79 Å². The van der Waals surface area contributed by atoms with Gasteiger partial charge in [0.2, 0.25) is 5.91 Å². The standard InChI is InChI=1S/C23H27N5O/c1-16(17-6-4-3-5-7-17)26-19-8-10-20(11-9-19)27-23(29)22-14-24-13-21(22)18-12-25-28(2)15-18/h3-12,15-16,21-22,24,26H,13-14H2,1-2H3,(H,27,29)/t16?,21-,22+/m1/s1. The number of rotatable bonds is 6.